The molecular weight excluding hydrogens is 262 g/mol. The molecule has 5 heteroatoms. The molecule has 0 atom stereocenters. The fourth-order valence-electron chi connectivity index (χ4n) is 1.77. The fourth-order valence-corrected chi connectivity index (χ4v) is 3.27. The van der Waals surface area contributed by atoms with Gasteiger partial charge in [0.05, 0.1) is 10.7 Å². The zero-order valence-corrected chi connectivity index (χ0v) is 12.3. The Morgan fingerprint density at radius 3 is 2.94 bits per heavy atom. The molecular formula is C13H19N3S2. The van der Waals surface area contributed by atoms with E-state index in [0.717, 1.165) is 36.6 Å². The Bertz CT molecular complexity index is 451. The topological polar surface area (TPSA) is 42.1 Å². The number of rotatable bonds is 7. The van der Waals surface area contributed by atoms with Gasteiger partial charge in [-0.3, -0.25) is 0 Å². The Morgan fingerprint density at radius 1 is 1.33 bits per heavy atom. The Hall–Kier alpha value is -0.750. The normalized spacial score (nSPS) is 11.3. The SMILES string of the molecule is CN(CCc1cccs1)Cc1csc(CCN)n1. The summed E-state index contributed by atoms with van der Waals surface area (Å²) in [6, 6.07) is 4.31. The molecule has 0 spiro atoms. The number of hydrogen-bond acceptors (Lipinski definition) is 5. The van der Waals surface area contributed by atoms with Crippen molar-refractivity contribution >= 4 is 22.7 Å². The van der Waals surface area contributed by atoms with Gasteiger partial charge in [-0.15, -0.1) is 22.7 Å². The van der Waals surface area contributed by atoms with E-state index in [1.165, 1.54) is 4.88 Å². The van der Waals surface area contributed by atoms with E-state index < -0.39 is 0 Å². The van der Waals surface area contributed by atoms with Crippen molar-refractivity contribution in [3.8, 4) is 0 Å². The highest BCUT2D eigenvalue weighted by atomic mass is 32.1. The summed E-state index contributed by atoms with van der Waals surface area (Å²) < 4.78 is 0. The summed E-state index contributed by atoms with van der Waals surface area (Å²) in [5.41, 5.74) is 6.69. The highest BCUT2D eigenvalue weighted by molar-refractivity contribution is 7.10. The molecule has 18 heavy (non-hydrogen) atoms. The van der Waals surface area contributed by atoms with Crippen molar-refractivity contribution in [3.05, 3.63) is 38.5 Å². The van der Waals surface area contributed by atoms with Crippen molar-refractivity contribution in [3.63, 3.8) is 0 Å². The van der Waals surface area contributed by atoms with E-state index >= 15 is 0 Å². The minimum Gasteiger partial charge on any atom is -0.330 e. The van der Waals surface area contributed by atoms with Gasteiger partial charge in [-0.05, 0) is 31.5 Å². The summed E-state index contributed by atoms with van der Waals surface area (Å²) in [7, 11) is 2.15. The van der Waals surface area contributed by atoms with Gasteiger partial charge in [0.2, 0.25) is 0 Å². The van der Waals surface area contributed by atoms with Gasteiger partial charge < -0.3 is 10.6 Å². The number of thiazole rings is 1. The van der Waals surface area contributed by atoms with Crippen molar-refractivity contribution < 1.29 is 0 Å². The van der Waals surface area contributed by atoms with E-state index in [1.54, 1.807) is 11.3 Å². The van der Waals surface area contributed by atoms with Crippen molar-refractivity contribution in [1.82, 2.24) is 9.88 Å². The molecule has 2 heterocycles. The number of thiophene rings is 1. The third-order valence-corrected chi connectivity index (χ3v) is 4.60. The molecule has 0 radical (unpaired) electrons. The lowest BCUT2D eigenvalue weighted by Gasteiger charge is -2.14. The molecule has 3 nitrogen and oxygen atoms in total. The second-order valence-corrected chi connectivity index (χ2v) is 6.31. The Kier molecular flexibility index (Phi) is 5.31. The van der Waals surface area contributed by atoms with Crippen LogP contribution in [-0.4, -0.2) is 30.0 Å². The lowest BCUT2D eigenvalue weighted by molar-refractivity contribution is 0.328. The van der Waals surface area contributed by atoms with Crippen LogP contribution in [0.1, 0.15) is 15.6 Å². The average Bonchev–Trinajstić information content (AvgIpc) is 2.99. The maximum absolute atomic E-state index is 5.53. The van der Waals surface area contributed by atoms with Crippen molar-refractivity contribution in [1.29, 1.82) is 0 Å². The first-order chi connectivity index (χ1) is 8.78. The second kappa shape index (κ2) is 6.99. The predicted molar refractivity (Wildman–Crippen MR) is 79.2 cm³/mol. The monoisotopic (exact) mass is 281 g/mol. The summed E-state index contributed by atoms with van der Waals surface area (Å²) in [4.78, 5) is 8.35. The smallest absolute Gasteiger partial charge is 0.0941 e. The molecule has 0 saturated heterocycles. The van der Waals surface area contributed by atoms with Crippen LogP contribution in [0.5, 0.6) is 0 Å². The number of hydrogen-bond donors (Lipinski definition) is 1. The molecule has 0 fully saturated rings. The molecule has 2 aromatic rings. The van der Waals surface area contributed by atoms with Gasteiger partial charge in [-0.25, -0.2) is 4.98 Å². The van der Waals surface area contributed by atoms with Crippen molar-refractivity contribution in [2.24, 2.45) is 5.73 Å². The molecule has 98 valence electrons. The van der Waals surface area contributed by atoms with Gasteiger partial charge in [0.15, 0.2) is 0 Å². The van der Waals surface area contributed by atoms with Crippen LogP contribution in [0.2, 0.25) is 0 Å². The third kappa shape index (κ3) is 4.17. The van der Waals surface area contributed by atoms with E-state index in [-0.39, 0.29) is 0 Å². The summed E-state index contributed by atoms with van der Waals surface area (Å²) in [5, 5.41) is 5.43. The molecule has 0 saturated carbocycles. The first-order valence-corrected chi connectivity index (χ1v) is 7.88. The van der Waals surface area contributed by atoms with Gasteiger partial charge in [-0.2, -0.15) is 0 Å². The molecule has 2 N–H and O–H groups in total. The highest BCUT2D eigenvalue weighted by Gasteiger charge is 2.05. The van der Waals surface area contributed by atoms with Crippen molar-refractivity contribution in [2.45, 2.75) is 19.4 Å². The fraction of sp³-hybridized carbons (Fsp3) is 0.462. The first kappa shape index (κ1) is 13.7. The summed E-state index contributed by atoms with van der Waals surface area (Å²) in [5.74, 6) is 0. The average molecular weight is 281 g/mol. The Balaban J connectivity index is 1.77. The zero-order valence-electron chi connectivity index (χ0n) is 10.6. The molecule has 2 aromatic heterocycles. The van der Waals surface area contributed by atoms with Crippen LogP contribution in [0.4, 0.5) is 0 Å². The molecule has 0 aliphatic heterocycles. The number of aromatic nitrogens is 1. The molecule has 0 amide bonds. The van der Waals surface area contributed by atoms with Gasteiger partial charge in [0.1, 0.15) is 0 Å². The molecule has 0 bridgehead atoms. The van der Waals surface area contributed by atoms with E-state index in [1.807, 2.05) is 11.3 Å². The predicted octanol–water partition coefficient (Wildman–Crippen LogP) is 2.38. The summed E-state index contributed by atoms with van der Waals surface area (Å²) >= 11 is 3.54. The molecule has 0 aromatic carbocycles. The minimum absolute atomic E-state index is 0.682. The molecule has 0 aliphatic rings. The second-order valence-electron chi connectivity index (χ2n) is 4.34. The first-order valence-electron chi connectivity index (χ1n) is 6.12. The lowest BCUT2D eigenvalue weighted by atomic mass is 10.3. The number of likely N-dealkylation sites (N-methyl/N-ethyl adjacent to an activating group) is 1. The molecule has 0 aliphatic carbocycles. The van der Waals surface area contributed by atoms with Crippen LogP contribution in [0, 0.1) is 0 Å². The number of nitrogens with zero attached hydrogens (tertiary/aromatic N) is 2. The standard InChI is InChI=1S/C13H19N3S2/c1-16(7-5-12-3-2-8-17-12)9-11-10-18-13(15-11)4-6-14/h2-3,8,10H,4-7,9,14H2,1H3. The minimum atomic E-state index is 0.682. The summed E-state index contributed by atoms with van der Waals surface area (Å²) in [6.07, 6.45) is 2.01. The van der Waals surface area contributed by atoms with Crippen LogP contribution in [0.15, 0.2) is 22.9 Å². The Morgan fingerprint density at radius 2 is 2.22 bits per heavy atom. The summed E-state index contributed by atoms with van der Waals surface area (Å²) in [6.45, 7) is 2.68. The molecule has 2 rings (SSSR count). The van der Waals surface area contributed by atoms with Gasteiger partial charge in [0.25, 0.3) is 0 Å². The maximum atomic E-state index is 5.53. The van der Waals surface area contributed by atoms with Crippen LogP contribution in [0.25, 0.3) is 0 Å². The van der Waals surface area contributed by atoms with Crippen LogP contribution < -0.4 is 5.73 Å². The van der Waals surface area contributed by atoms with Crippen LogP contribution in [-0.2, 0) is 19.4 Å². The largest absolute Gasteiger partial charge is 0.330 e. The van der Waals surface area contributed by atoms with Crippen LogP contribution >= 0.6 is 22.7 Å². The molecule has 0 unspecified atom stereocenters. The quantitative estimate of drug-likeness (QED) is 0.847. The number of nitrogens with two attached hydrogens (primary N) is 1. The Labute approximate surface area is 116 Å². The van der Waals surface area contributed by atoms with E-state index in [2.05, 4.69) is 39.8 Å². The van der Waals surface area contributed by atoms with Gasteiger partial charge >= 0.3 is 0 Å². The lowest BCUT2D eigenvalue weighted by Crippen LogP contribution is -2.20. The third-order valence-electron chi connectivity index (χ3n) is 2.71. The highest BCUT2D eigenvalue weighted by Crippen LogP contribution is 2.13. The van der Waals surface area contributed by atoms with E-state index in [0.29, 0.717) is 6.54 Å². The maximum Gasteiger partial charge on any atom is 0.0941 e. The van der Waals surface area contributed by atoms with Gasteiger partial charge in [-0.1, -0.05) is 6.07 Å². The van der Waals surface area contributed by atoms with Crippen molar-refractivity contribution in [2.75, 3.05) is 20.1 Å². The van der Waals surface area contributed by atoms with Crippen LogP contribution in [0.3, 0.4) is 0 Å². The van der Waals surface area contributed by atoms with E-state index in [4.69, 9.17) is 5.73 Å². The van der Waals surface area contributed by atoms with Gasteiger partial charge in [0, 0.05) is 29.8 Å². The van der Waals surface area contributed by atoms with E-state index in [9.17, 15) is 0 Å². The zero-order chi connectivity index (χ0) is 12.8.